The van der Waals surface area contributed by atoms with E-state index in [1.54, 1.807) is 49.4 Å². The van der Waals surface area contributed by atoms with Gasteiger partial charge in [0.15, 0.2) is 0 Å². The average Bonchev–Trinajstić information content (AvgIpc) is 2.71. The lowest BCUT2D eigenvalue weighted by molar-refractivity contribution is -0.140. The molecule has 2 rings (SSSR count). The summed E-state index contributed by atoms with van der Waals surface area (Å²) in [5.41, 5.74) is 0.370. The van der Waals surface area contributed by atoms with Crippen molar-refractivity contribution in [3.8, 4) is 5.75 Å². The molecule has 1 atom stereocenters. The predicted octanol–water partition coefficient (Wildman–Crippen LogP) is 4.19. The number of hydrogen-bond donors (Lipinski definition) is 1. The van der Waals surface area contributed by atoms with E-state index in [0.717, 1.165) is 0 Å². The van der Waals surface area contributed by atoms with Gasteiger partial charge in [0, 0.05) is 30.1 Å². The molecule has 1 N–H and O–H groups in total. The summed E-state index contributed by atoms with van der Waals surface area (Å²) >= 11 is 5.84. The van der Waals surface area contributed by atoms with Gasteiger partial charge in [-0.1, -0.05) is 29.8 Å². The lowest BCUT2D eigenvalue weighted by Gasteiger charge is -2.29. The summed E-state index contributed by atoms with van der Waals surface area (Å²) in [6.07, 6.45) is 0.656. The molecule has 0 fully saturated rings. The van der Waals surface area contributed by atoms with Gasteiger partial charge >= 0.3 is 0 Å². The maximum Gasteiger partial charge on any atom is 0.242 e. The van der Waals surface area contributed by atoms with Crippen LogP contribution in [0.4, 0.5) is 4.39 Å². The van der Waals surface area contributed by atoms with E-state index in [-0.39, 0.29) is 24.8 Å². The van der Waals surface area contributed by atoms with Gasteiger partial charge in [0.25, 0.3) is 0 Å². The summed E-state index contributed by atoms with van der Waals surface area (Å²) < 4.78 is 19.7. The number of carbonyl (C=O) groups is 2. The number of rotatable bonds is 10. The third kappa shape index (κ3) is 7.06. The van der Waals surface area contributed by atoms with E-state index in [1.807, 2.05) is 6.92 Å². The molecule has 2 aromatic rings. The van der Waals surface area contributed by atoms with Crippen molar-refractivity contribution in [2.24, 2.45) is 0 Å². The van der Waals surface area contributed by atoms with Crippen molar-refractivity contribution < 1.29 is 18.7 Å². The summed E-state index contributed by atoms with van der Waals surface area (Å²) in [7, 11) is 0. The van der Waals surface area contributed by atoms with E-state index < -0.39 is 11.9 Å². The molecule has 0 heterocycles. The number of hydrogen-bond acceptors (Lipinski definition) is 3. The third-order valence-corrected chi connectivity index (χ3v) is 4.69. The number of benzene rings is 2. The molecular formula is C22H26ClFN2O3. The molecule has 0 aromatic heterocycles. The average molecular weight is 421 g/mol. The number of nitrogens with zero attached hydrogens (tertiary/aromatic N) is 1. The second kappa shape index (κ2) is 11.4. The Bertz CT molecular complexity index is 814. The largest absolute Gasteiger partial charge is 0.494 e. The van der Waals surface area contributed by atoms with Crippen LogP contribution in [0.25, 0.3) is 0 Å². The molecule has 2 amide bonds. The number of carbonyl (C=O) groups excluding carboxylic acids is 2. The molecule has 0 saturated carbocycles. The first-order valence-corrected chi connectivity index (χ1v) is 9.99. The van der Waals surface area contributed by atoms with Crippen LogP contribution in [0, 0.1) is 5.82 Å². The minimum atomic E-state index is -0.709. The van der Waals surface area contributed by atoms with E-state index in [4.69, 9.17) is 16.3 Å². The molecule has 29 heavy (non-hydrogen) atoms. The Morgan fingerprint density at radius 2 is 1.86 bits per heavy atom. The fraction of sp³-hybridized carbons (Fsp3) is 0.364. The minimum Gasteiger partial charge on any atom is -0.494 e. The fourth-order valence-electron chi connectivity index (χ4n) is 2.80. The van der Waals surface area contributed by atoms with Gasteiger partial charge in [-0.3, -0.25) is 9.59 Å². The normalized spacial score (nSPS) is 11.6. The second-order valence-corrected chi connectivity index (χ2v) is 7.03. The second-order valence-electron chi connectivity index (χ2n) is 6.59. The van der Waals surface area contributed by atoms with Crippen molar-refractivity contribution in [3.05, 3.63) is 64.9 Å². The van der Waals surface area contributed by atoms with Gasteiger partial charge < -0.3 is 15.0 Å². The summed E-state index contributed by atoms with van der Waals surface area (Å²) in [6, 6.07) is 12.5. The van der Waals surface area contributed by atoms with E-state index in [9.17, 15) is 14.0 Å². The van der Waals surface area contributed by atoms with Crippen LogP contribution in [0.2, 0.25) is 5.02 Å². The summed E-state index contributed by atoms with van der Waals surface area (Å²) in [5, 5.41) is 3.33. The van der Waals surface area contributed by atoms with Gasteiger partial charge in [-0.2, -0.15) is 0 Å². The van der Waals surface area contributed by atoms with Gasteiger partial charge in [0.2, 0.25) is 11.8 Å². The highest BCUT2D eigenvalue weighted by Crippen LogP contribution is 2.17. The zero-order valence-corrected chi connectivity index (χ0v) is 17.4. The first kappa shape index (κ1) is 22.7. The minimum absolute atomic E-state index is 0.0296. The first-order valence-electron chi connectivity index (χ1n) is 9.61. The first-order chi connectivity index (χ1) is 13.9. The summed E-state index contributed by atoms with van der Waals surface area (Å²) in [4.78, 5) is 26.5. The number of nitrogens with one attached hydrogen (secondary N) is 1. The molecule has 2 aromatic carbocycles. The lowest BCUT2D eigenvalue weighted by Crippen LogP contribution is -2.47. The van der Waals surface area contributed by atoms with Crippen molar-refractivity contribution in [1.29, 1.82) is 0 Å². The topological polar surface area (TPSA) is 58.6 Å². The predicted molar refractivity (Wildman–Crippen MR) is 111 cm³/mol. The highest BCUT2D eigenvalue weighted by atomic mass is 35.5. The maximum atomic E-state index is 14.1. The van der Waals surface area contributed by atoms with Crippen molar-refractivity contribution in [2.75, 3.05) is 13.2 Å². The van der Waals surface area contributed by atoms with Crippen LogP contribution in [0.1, 0.15) is 32.3 Å². The Labute approximate surface area is 175 Å². The van der Waals surface area contributed by atoms with Crippen LogP contribution in [-0.4, -0.2) is 35.9 Å². The molecule has 0 bridgehead atoms. The molecule has 0 radical (unpaired) electrons. The molecule has 0 aliphatic carbocycles. The Hall–Kier alpha value is -2.60. The smallest absolute Gasteiger partial charge is 0.242 e. The molecule has 5 nitrogen and oxygen atoms in total. The molecule has 0 aliphatic heterocycles. The van der Waals surface area contributed by atoms with E-state index in [2.05, 4.69) is 5.32 Å². The fourth-order valence-corrected chi connectivity index (χ4v) is 2.93. The van der Waals surface area contributed by atoms with Gasteiger partial charge in [0.05, 0.1) is 6.61 Å². The Morgan fingerprint density at radius 3 is 2.52 bits per heavy atom. The highest BCUT2D eigenvalue weighted by Gasteiger charge is 2.26. The number of amides is 2. The number of likely N-dealkylation sites (N-methyl/N-ethyl adjacent to an activating group) is 1. The van der Waals surface area contributed by atoms with Crippen molar-refractivity contribution in [2.45, 2.75) is 39.3 Å². The Kier molecular flexibility index (Phi) is 8.93. The van der Waals surface area contributed by atoms with Crippen LogP contribution < -0.4 is 10.1 Å². The monoisotopic (exact) mass is 420 g/mol. The van der Waals surface area contributed by atoms with Crippen molar-refractivity contribution in [1.82, 2.24) is 10.2 Å². The Morgan fingerprint density at radius 1 is 1.17 bits per heavy atom. The molecule has 156 valence electrons. The Balaban J connectivity index is 1.98. The van der Waals surface area contributed by atoms with Gasteiger partial charge in [-0.15, -0.1) is 0 Å². The van der Waals surface area contributed by atoms with Crippen molar-refractivity contribution in [3.63, 3.8) is 0 Å². The summed E-state index contributed by atoms with van der Waals surface area (Å²) in [6.45, 7) is 4.29. The van der Waals surface area contributed by atoms with Crippen LogP contribution in [-0.2, 0) is 16.1 Å². The maximum absolute atomic E-state index is 14.1. The van der Waals surface area contributed by atoms with Crippen molar-refractivity contribution >= 4 is 23.4 Å². The van der Waals surface area contributed by atoms with Crippen LogP contribution in [0.5, 0.6) is 5.75 Å². The van der Waals surface area contributed by atoms with Crippen LogP contribution in [0.3, 0.4) is 0 Å². The van der Waals surface area contributed by atoms with Crippen LogP contribution in [0.15, 0.2) is 48.5 Å². The molecule has 0 saturated heterocycles. The third-order valence-electron chi connectivity index (χ3n) is 4.43. The zero-order chi connectivity index (χ0) is 21.2. The van der Waals surface area contributed by atoms with Gasteiger partial charge in [-0.05, 0) is 50.6 Å². The molecule has 0 aliphatic rings. The lowest BCUT2D eigenvalue weighted by atomic mass is 10.1. The molecular weight excluding hydrogens is 395 g/mol. The van der Waals surface area contributed by atoms with E-state index >= 15 is 0 Å². The van der Waals surface area contributed by atoms with Crippen LogP contribution >= 0.6 is 11.6 Å². The zero-order valence-electron chi connectivity index (χ0n) is 16.7. The van der Waals surface area contributed by atoms with Gasteiger partial charge in [-0.25, -0.2) is 4.39 Å². The van der Waals surface area contributed by atoms with E-state index in [1.165, 1.54) is 11.0 Å². The SMILES string of the molecule is CCNC(=O)[C@H](C)N(Cc1ccccc1F)C(=O)CCCOc1ccc(Cl)cc1. The highest BCUT2D eigenvalue weighted by molar-refractivity contribution is 6.30. The molecule has 0 unspecified atom stereocenters. The number of halogens is 2. The number of ether oxygens (including phenoxy) is 1. The quantitative estimate of drug-likeness (QED) is 0.586. The molecule has 0 spiro atoms. The van der Waals surface area contributed by atoms with Gasteiger partial charge in [0.1, 0.15) is 17.6 Å². The van der Waals surface area contributed by atoms with E-state index in [0.29, 0.717) is 35.9 Å². The summed E-state index contributed by atoms with van der Waals surface area (Å²) in [5.74, 6) is -0.235. The standard InChI is InChI=1S/C22H26ClFN2O3/c1-3-25-22(28)16(2)26(15-17-7-4-5-8-20(17)24)21(27)9-6-14-29-19-12-10-18(23)11-13-19/h4-5,7-8,10-13,16H,3,6,9,14-15H2,1-2H3,(H,25,28)/t16-/m0/s1. The molecule has 7 heteroatoms.